The number of phenolic OH excluding ortho intramolecular Hbond substituents is 1. The maximum absolute atomic E-state index is 13.0. The number of aromatic hydroxyl groups is 1. The van der Waals surface area contributed by atoms with Crippen molar-refractivity contribution in [1.29, 1.82) is 0 Å². The monoisotopic (exact) mass is 494 g/mol. The lowest BCUT2D eigenvalue weighted by molar-refractivity contribution is 0.0938. The highest BCUT2D eigenvalue weighted by molar-refractivity contribution is 5.80. The smallest absolute Gasteiger partial charge is 0.332 e. The van der Waals surface area contributed by atoms with Crippen LogP contribution in [0.15, 0.2) is 63.2 Å². The van der Waals surface area contributed by atoms with E-state index in [0.717, 1.165) is 4.57 Å². The van der Waals surface area contributed by atoms with Gasteiger partial charge >= 0.3 is 5.69 Å². The van der Waals surface area contributed by atoms with Crippen LogP contribution in [0.1, 0.15) is 5.56 Å². The van der Waals surface area contributed by atoms with Crippen LogP contribution in [-0.4, -0.2) is 54.9 Å². The number of benzene rings is 2. The van der Waals surface area contributed by atoms with E-state index in [1.54, 1.807) is 43.5 Å². The van der Waals surface area contributed by atoms with Gasteiger partial charge in [-0.3, -0.25) is 13.9 Å². The molecule has 2 aromatic heterocycles. The van der Waals surface area contributed by atoms with Gasteiger partial charge in [0.1, 0.15) is 30.0 Å². The van der Waals surface area contributed by atoms with Gasteiger partial charge in [0.2, 0.25) is 5.95 Å². The zero-order valence-electron chi connectivity index (χ0n) is 20.0. The number of methoxy groups -OCH3 is 1. The van der Waals surface area contributed by atoms with E-state index < -0.39 is 17.4 Å². The molecule has 0 saturated carbocycles. The normalized spacial score (nSPS) is 12.2. The number of nitrogens with zero attached hydrogens (tertiary/aromatic N) is 5. The molecule has 36 heavy (non-hydrogen) atoms. The van der Waals surface area contributed by atoms with Gasteiger partial charge in [-0.05, 0) is 54.1 Å². The molecule has 0 radical (unpaired) electrons. The number of aliphatic hydroxyl groups excluding tert-OH is 1. The van der Waals surface area contributed by atoms with Crippen LogP contribution in [0.4, 0.5) is 5.95 Å². The van der Waals surface area contributed by atoms with Crippen LogP contribution in [-0.2, 0) is 20.6 Å². The van der Waals surface area contributed by atoms with Crippen molar-refractivity contribution in [2.75, 3.05) is 19.1 Å². The third-order valence-corrected chi connectivity index (χ3v) is 5.51. The highest BCUT2D eigenvalue weighted by Crippen LogP contribution is 2.19. The summed E-state index contributed by atoms with van der Waals surface area (Å²) in [6.45, 7) is -0.120. The summed E-state index contributed by atoms with van der Waals surface area (Å²) in [6.07, 6.45) is 0.483. The first kappa shape index (κ1) is 24.5. The summed E-state index contributed by atoms with van der Waals surface area (Å²) < 4.78 is 14.5. The van der Waals surface area contributed by atoms with Crippen molar-refractivity contribution in [3.05, 3.63) is 74.9 Å². The largest absolute Gasteiger partial charge is 0.508 e. The number of ether oxygens (including phenoxy) is 2. The molecule has 0 spiro atoms. The summed E-state index contributed by atoms with van der Waals surface area (Å²) in [5.74, 6) is 1.50. The first-order chi connectivity index (χ1) is 17.3. The number of aromatic nitrogens is 4. The number of nitrogens with one attached hydrogen (secondary N) is 1. The number of imidazole rings is 1. The molecule has 1 atom stereocenters. The van der Waals surface area contributed by atoms with E-state index >= 15 is 0 Å². The van der Waals surface area contributed by atoms with Crippen molar-refractivity contribution in [3.8, 4) is 17.2 Å². The summed E-state index contributed by atoms with van der Waals surface area (Å²) in [5.41, 5.74) is 2.68. The molecule has 2 aromatic carbocycles. The lowest BCUT2D eigenvalue weighted by atomic mass is 10.2. The van der Waals surface area contributed by atoms with Crippen LogP contribution in [0, 0.1) is 0 Å². The second kappa shape index (κ2) is 10.4. The Hall–Kier alpha value is -4.58. The number of aryl methyl sites for hydroxylation is 1. The fourth-order valence-electron chi connectivity index (χ4n) is 3.56. The molecule has 12 heteroatoms. The maximum atomic E-state index is 13.0. The fourth-order valence-corrected chi connectivity index (χ4v) is 3.56. The van der Waals surface area contributed by atoms with Gasteiger partial charge in [0.25, 0.3) is 5.56 Å². The van der Waals surface area contributed by atoms with Crippen LogP contribution in [0.2, 0.25) is 0 Å². The average molecular weight is 495 g/mol. The number of hydrogen-bond donors (Lipinski definition) is 3. The number of phenols is 1. The first-order valence-corrected chi connectivity index (χ1v) is 11.0. The fraction of sp³-hybridized carbons (Fsp3) is 0.250. The molecular formula is C24H26N6O6. The molecule has 0 saturated heterocycles. The number of fused-ring (bicyclic) bond motifs is 1. The van der Waals surface area contributed by atoms with E-state index in [-0.39, 0.29) is 36.0 Å². The van der Waals surface area contributed by atoms with Gasteiger partial charge in [-0.25, -0.2) is 10.2 Å². The molecule has 4 rings (SSSR count). The Morgan fingerprint density at radius 3 is 2.39 bits per heavy atom. The van der Waals surface area contributed by atoms with Gasteiger partial charge < -0.3 is 24.3 Å². The molecule has 0 aliphatic rings. The van der Waals surface area contributed by atoms with E-state index in [4.69, 9.17) is 9.47 Å². The molecule has 0 aliphatic carbocycles. The molecule has 0 aliphatic heterocycles. The second-order valence-corrected chi connectivity index (χ2v) is 8.03. The summed E-state index contributed by atoms with van der Waals surface area (Å²) in [7, 11) is 4.45. The lowest BCUT2D eigenvalue weighted by Crippen LogP contribution is -2.38. The Balaban J connectivity index is 1.62. The second-order valence-electron chi connectivity index (χ2n) is 8.03. The molecule has 0 bridgehead atoms. The molecule has 0 fully saturated rings. The Morgan fingerprint density at radius 2 is 1.72 bits per heavy atom. The summed E-state index contributed by atoms with van der Waals surface area (Å²) in [6, 6.07) is 13.3. The third kappa shape index (κ3) is 5.08. The Labute approximate surface area is 205 Å². The van der Waals surface area contributed by atoms with Gasteiger partial charge in [-0.1, -0.05) is 0 Å². The Kier molecular flexibility index (Phi) is 7.06. The summed E-state index contributed by atoms with van der Waals surface area (Å²) in [4.78, 5) is 29.8. The minimum absolute atomic E-state index is 0.0584. The van der Waals surface area contributed by atoms with Gasteiger partial charge in [-0.2, -0.15) is 10.1 Å². The van der Waals surface area contributed by atoms with Crippen molar-refractivity contribution in [3.63, 3.8) is 0 Å². The van der Waals surface area contributed by atoms with E-state index in [9.17, 15) is 19.8 Å². The average Bonchev–Trinajstić information content (AvgIpc) is 3.24. The number of hydrazone groups is 1. The molecule has 12 nitrogen and oxygen atoms in total. The van der Waals surface area contributed by atoms with E-state index in [1.807, 2.05) is 0 Å². The SMILES string of the molecule is COc1ccc(OC[C@H](O)Cn2c(N/N=C\c3ccc(O)cc3)nc3c2c(=O)n(C)c(=O)n3C)cc1. The standard InChI is InChI=1S/C24H26N6O6/c1-28-21-20(22(33)29(2)24(28)34)30(13-17(32)14-36-19-10-8-18(35-3)9-11-19)23(26-21)27-25-12-15-4-6-16(31)7-5-15/h4-12,17,31-32H,13-14H2,1-3H3,(H,26,27)/b25-12-/t17-/m1/s1. The van der Waals surface area contributed by atoms with Gasteiger partial charge in [0, 0.05) is 14.1 Å². The van der Waals surface area contributed by atoms with Crippen LogP contribution < -0.4 is 26.1 Å². The molecule has 4 aromatic rings. The highest BCUT2D eigenvalue weighted by Gasteiger charge is 2.21. The molecule has 188 valence electrons. The predicted molar refractivity (Wildman–Crippen MR) is 134 cm³/mol. The first-order valence-electron chi connectivity index (χ1n) is 11.0. The number of hydrogen-bond acceptors (Lipinski definition) is 9. The zero-order chi connectivity index (χ0) is 25.8. The molecule has 2 heterocycles. The van der Waals surface area contributed by atoms with Crippen LogP contribution in [0.5, 0.6) is 17.2 Å². The maximum Gasteiger partial charge on any atom is 0.332 e. The number of anilines is 1. The van der Waals surface area contributed by atoms with E-state index in [2.05, 4.69) is 15.5 Å². The van der Waals surface area contributed by atoms with Gasteiger partial charge in [0.05, 0.1) is 19.9 Å². The van der Waals surface area contributed by atoms with Crippen molar-refractivity contribution < 1.29 is 19.7 Å². The van der Waals surface area contributed by atoms with Crippen molar-refractivity contribution in [2.45, 2.75) is 12.6 Å². The predicted octanol–water partition coefficient (Wildman–Crippen LogP) is 1.03. The van der Waals surface area contributed by atoms with E-state index in [0.29, 0.717) is 17.1 Å². The van der Waals surface area contributed by atoms with Gasteiger partial charge in [0.15, 0.2) is 11.2 Å². The van der Waals surface area contributed by atoms with Crippen LogP contribution in [0.25, 0.3) is 11.2 Å². The van der Waals surface area contributed by atoms with Crippen LogP contribution >= 0.6 is 0 Å². The molecule has 0 amide bonds. The molecule has 0 unspecified atom stereocenters. The summed E-state index contributed by atoms with van der Waals surface area (Å²) >= 11 is 0. The Bertz CT molecular complexity index is 1500. The quantitative estimate of drug-likeness (QED) is 0.231. The summed E-state index contributed by atoms with van der Waals surface area (Å²) in [5, 5.41) is 24.3. The lowest BCUT2D eigenvalue weighted by Gasteiger charge is -2.15. The van der Waals surface area contributed by atoms with Crippen molar-refractivity contribution >= 4 is 23.3 Å². The molecule has 3 N–H and O–H groups in total. The van der Waals surface area contributed by atoms with Gasteiger partial charge in [-0.15, -0.1) is 0 Å². The van der Waals surface area contributed by atoms with Crippen molar-refractivity contribution in [2.24, 2.45) is 19.2 Å². The molecular weight excluding hydrogens is 468 g/mol. The topological polar surface area (TPSA) is 145 Å². The number of aliphatic hydroxyl groups is 1. The van der Waals surface area contributed by atoms with Crippen LogP contribution in [0.3, 0.4) is 0 Å². The third-order valence-electron chi connectivity index (χ3n) is 5.51. The zero-order valence-corrected chi connectivity index (χ0v) is 20.0. The highest BCUT2D eigenvalue weighted by atomic mass is 16.5. The minimum atomic E-state index is -1.02. The van der Waals surface area contributed by atoms with E-state index in [1.165, 1.54) is 41.6 Å². The van der Waals surface area contributed by atoms with Crippen molar-refractivity contribution in [1.82, 2.24) is 18.7 Å². The Morgan fingerprint density at radius 1 is 1.06 bits per heavy atom. The minimum Gasteiger partial charge on any atom is -0.508 e. The number of rotatable bonds is 9.